The second kappa shape index (κ2) is 6.51. The molecule has 0 saturated carbocycles. The molecule has 0 radical (unpaired) electrons. The molecule has 0 aliphatic rings. The summed E-state index contributed by atoms with van der Waals surface area (Å²) < 4.78 is 1.02. The Hall–Kier alpha value is -2.57. The van der Waals surface area contributed by atoms with Gasteiger partial charge in [-0.2, -0.15) is 0 Å². The molecular weight excluding hydrogens is 338 g/mol. The summed E-state index contributed by atoms with van der Waals surface area (Å²) in [5.74, 6) is -0.0909. The first-order valence-corrected chi connectivity index (χ1v) is 9.15. The van der Waals surface area contributed by atoms with Gasteiger partial charge < -0.3 is 5.32 Å². The van der Waals surface area contributed by atoms with Crippen LogP contribution >= 0.6 is 22.7 Å². The maximum Gasteiger partial charge on any atom is 0.251 e. The van der Waals surface area contributed by atoms with Crippen molar-refractivity contribution < 1.29 is 4.79 Å². The Morgan fingerprint density at radius 2 is 2.08 bits per heavy atom. The lowest BCUT2D eigenvalue weighted by Gasteiger charge is -2.06. The van der Waals surface area contributed by atoms with Gasteiger partial charge in [0, 0.05) is 34.9 Å². The number of hydrogen-bond donors (Lipinski definition) is 1. The van der Waals surface area contributed by atoms with Gasteiger partial charge in [-0.15, -0.1) is 22.7 Å². The summed E-state index contributed by atoms with van der Waals surface area (Å²) in [6.45, 7) is 0.450. The minimum Gasteiger partial charge on any atom is -0.348 e. The molecule has 0 saturated heterocycles. The lowest BCUT2D eigenvalue weighted by molar-refractivity contribution is 0.0951. The molecule has 1 amide bonds. The lowest BCUT2D eigenvalue weighted by atomic mass is 10.1. The van der Waals surface area contributed by atoms with Gasteiger partial charge in [-0.3, -0.25) is 9.78 Å². The van der Waals surface area contributed by atoms with Gasteiger partial charge in [0.2, 0.25) is 0 Å². The zero-order chi connectivity index (χ0) is 16.4. The molecule has 0 aliphatic carbocycles. The van der Waals surface area contributed by atoms with Crippen LogP contribution in [0.25, 0.3) is 20.7 Å². The van der Waals surface area contributed by atoms with Crippen LogP contribution in [0.4, 0.5) is 0 Å². The molecule has 0 fully saturated rings. The van der Waals surface area contributed by atoms with Crippen molar-refractivity contribution in [1.82, 2.24) is 15.3 Å². The Morgan fingerprint density at radius 1 is 1.12 bits per heavy atom. The van der Waals surface area contributed by atoms with E-state index in [2.05, 4.69) is 27.4 Å². The zero-order valence-corrected chi connectivity index (χ0v) is 14.2. The van der Waals surface area contributed by atoms with Crippen molar-refractivity contribution in [2.24, 2.45) is 0 Å². The number of fused-ring (bicyclic) bond motifs is 1. The van der Waals surface area contributed by atoms with E-state index in [4.69, 9.17) is 0 Å². The van der Waals surface area contributed by atoms with Crippen LogP contribution in [0.2, 0.25) is 0 Å². The first-order chi connectivity index (χ1) is 11.8. The van der Waals surface area contributed by atoms with Gasteiger partial charge in [0.05, 0.1) is 15.7 Å². The van der Waals surface area contributed by atoms with Crippen molar-refractivity contribution in [3.63, 3.8) is 0 Å². The van der Waals surface area contributed by atoms with E-state index in [1.165, 1.54) is 16.2 Å². The maximum atomic E-state index is 12.4. The number of carbonyl (C=O) groups excluding carboxylic acids is 1. The normalized spacial score (nSPS) is 10.8. The average molecular weight is 351 g/mol. The number of hydrogen-bond acceptors (Lipinski definition) is 5. The lowest BCUT2D eigenvalue weighted by Crippen LogP contribution is -2.22. The molecule has 3 aromatic heterocycles. The predicted octanol–water partition coefficient (Wildman–Crippen LogP) is 4.35. The van der Waals surface area contributed by atoms with E-state index in [9.17, 15) is 4.79 Å². The molecule has 24 heavy (non-hydrogen) atoms. The summed E-state index contributed by atoms with van der Waals surface area (Å²) >= 11 is 3.21. The van der Waals surface area contributed by atoms with E-state index in [-0.39, 0.29) is 5.91 Å². The van der Waals surface area contributed by atoms with Gasteiger partial charge in [-0.25, -0.2) is 4.98 Å². The average Bonchev–Trinajstić information content (AvgIpc) is 3.30. The van der Waals surface area contributed by atoms with Gasteiger partial charge in [-0.05, 0) is 41.3 Å². The molecular formula is C18H13N3OS2. The number of aromatic nitrogens is 2. The van der Waals surface area contributed by atoms with Gasteiger partial charge >= 0.3 is 0 Å². The topological polar surface area (TPSA) is 54.9 Å². The molecule has 0 aliphatic heterocycles. The van der Waals surface area contributed by atoms with E-state index < -0.39 is 0 Å². The van der Waals surface area contributed by atoms with Crippen LogP contribution in [0.1, 0.15) is 15.9 Å². The number of pyridine rings is 1. The summed E-state index contributed by atoms with van der Waals surface area (Å²) in [6.07, 6.45) is 3.62. The van der Waals surface area contributed by atoms with E-state index in [0.717, 1.165) is 21.3 Å². The molecule has 118 valence electrons. The summed E-state index contributed by atoms with van der Waals surface area (Å²) in [4.78, 5) is 22.0. The Bertz CT molecular complexity index is 992. The monoisotopic (exact) mass is 351 g/mol. The van der Waals surface area contributed by atoms with Gasteiger partial charge in [0.1, 0.15) is 0 Å². The SMILES string of the molecule is O=C(NCc1cncc(-c2cccs2)c1)c1ccc2ncsc2c1. The van der Waals surface area contributed by atoms with Crippen molar-refractivity contribution >= 4 is 38.8 Å². The third-order valence-electron chi connectivity index (χ3n) is 3.65. The Kier molecular flexibility index (Phi) is 4.06. The number of rotatable bonds is 4. The molecule has 4 rings (SSSR count). The second-order valence-electron chi connectivity index (χ2n) is 5.28. The van der Waals surface area contributed by atoms with Crippen LogP contribution in [0.3, 0.4) is 0 Å². The fraction of sp³-hybridized carbons (Fsp3) is 0.0556. The second-order valence-corrected chi connectivity index (χ2v) is 7.11. The molecule has 0 unspecified atom stereocenters. The molecule has 6 heteroatoms. The summed E-state index contributed by atoms with van der Waals surface area (Å²) in [5, 5.41) is 4.99. The third-order valence-corrected chi connectivity index (χ3v) is 5.36. The summed E-state index contributed by atoms with van der Waals surface area (Å²) in [7, 11) is 0. The number of nitrogens with zero attached hydrogens (tertiary/aromatic N) is 2. The summed E-state index contributed by atoms with van der Waals surface area (Å²) in [5.41, 5.74) is 5.41. The smallest absolute Gasteiger partial charge is 0.251 e. The molecule has 1 aromatic carbocycles. The third kappa shape index (κ3) is 3.06. The van der Waals surface area contributed by atoms with Crippen molar-refractivity contribution in [2.45, 2.75) is 6.54 Å². The molecule has 1 N–H and O–H groups in total. The van der Waals surface area contributed by atoms with Crippen molar-refractivity contribution in [1.29, 1.82) is 0 Å². The molecule has 0 spiro atoms. The highest BCUT2D eigenvalue weighted by Crippen LogP contribution is 2.24. The number of benzene rings is 1. The van der Waals surface area contributed by atoms with E-state index >= 15 is 0 Å². The largest absolute Gasteiger partial charge is 0.348 e. The molecule has 0 atom stereocenters. The highest BCUT2D eigenvalue weighted by atomic mass is 32.1. The first kappa shape index (κ1) is 15.0. The maximum absolute atomic E-state index is 12.4. The number of amides is 1. The predicted molar refractivity (Wildman–Crippen MR) is 98.3 cm³/mol. The first-order valence-electron chi connectivity index (χ1n) is 7.39. The number of thiophene rings is 1. The minimum atomic E-state index is -0.0909. The van der Waals surface area contributed by atoms with E-state index in [0.29, 0.717) is 12.1 Å². The van der Waals surface area contributed by atoms with Crippen LogP contribution in [0, 0.1) is 0 Å². The zero-order valence-electron chi connectivity index (χ0n) is 12.6. The van der Waals surface area contributed by atoms with E-state index in [1.807, 2.05) is 29.8 Å². The molecule has 4 nitrogen and oxygen atoms in total. The van der Waals surface area contributed by atoms with Crippen molar-refractivity contribution in [2.75, 3.05) is 0 Å². The Labute approximate surface area is 146 Å². The van der Waals surface area contributed by atoms with Crippen LogP contribution in [0.5, 0.6) is 0 Å². The fourth-order valence-electron chi connectivity index (χ4n) is 2.44. The van der Waals surface area contributed by atoms with Gasteiger partial charge in [0.15, 0.2) is 0 Å². The molecule has 4 aromatic rings. The highest BCUT2D eigenvalue weighted by Gasteiger charge is 2.08. The van der Waals surface area contributed by atoms with E-state index in [1.54, 1.807) is 29.1 Å². The van der Waals surface area contributed by atoms with Gasteiger partial charge in [0.25, 0.3) is 5.91 Å². The van der Waals surface area contributed by atoms with Crippen LogP contribution in [0.15, 0.2) is 59.7 Å². The van der Waals surface area contributed by atoms with Crippen molar-refractivity contribution in [3.05, 3.63) is 70.8 Å². The number of thiazole rings is 1. The number of carbonyl (C=O) groups is 1. The number of nitrogens with one attached hydrogen (secondary N) is 1. The minimum absolute atomic E-state index is 0.0909. The quantitative estimate of drug-likeness (QED) is 0.595. The highest BCUT2D eigenvalue weighted by molar-refractivity contribution is 7.16. The van der Waals surface area contributed by atoms with Gasteiger partial charge in [-0.1, -0.05) is 6.07 Å². The summed E-state index contributed by atoms with van der Waals surface area (Å²) in [6, 6.07) is 11.7. The molecule has 3 heterocycles. The molecule has 0 bridgehead atoms. The van der Waals surface area contributed by atoms with Crippen LogP contribution in [-0.4, -0.2) is 15.9 Å². The Morgan fingerprint density at radius 3 is 2.96 bits per heavy atom. The van der Waals surface area contributed by atoms with Crippen LogP contribution < -0.4 is 5.32 Å². The Balaban J connectivity index is 1.48. The standard InChI is InChI=1S/C18H13N3OS2/c22-18(13-3-4-15-17(7-13)24-11-21-15)20-9-12-6-14(10-19-8-12)16-2-1-5-23-16/h1-8,10-11H,9H2,(H,20,22). The van der Waals surface area contributed by atoms with Crippen molar-refractivity contribution in [3.8, 4) is 10.4 Å². The van der Waals surface area contributed by atoms with Crippen LogP contribution in [-0.2, 0) is 6.54 Å². The fourth-order valence-corrected chi connectivity index (χ4v) is 3.87.